The van der Waals surface area contributed by atoms with E-state index in [1.165, 1.54) is 6.92 Å². The predicted molar refractivity (Wildman–Crippen MR) is 107 cm³/mol. The molecule has 28 heavy (non-hydrogen) atoms. The van der Waals surface area contributed by atoms with E-state index >= 15 is 0 Å². The first-order valence-corrected chi connectivity index (χ1v) is 9.29. The fourth-order valence-corrected chi connectivity index (χ4v) is 2.17. The quantitative estimate of drug-likeness (QED) is 0.293. The topological polar surface area (TPSA) is 112 Å². The maximum atomic E-state index is 12.2. The first-order chi connectivity index (χ1) is 13.0. The van der Waals surface area contributed by atoms with E-state index < -0.39 is 29.8 Å². The van der Waals surface area contributed by atoms with Gasteiger partial charge in [-0.05, 0) is 52.3 Å². The minimum atomic E-state index is -0.934. The lowest BCUT2D eigenvalue weighted by Crippen LogP contribution is -2.48. The number of amides is 1. The van der Waals surface area contributed by atoms with Gasteiger partial charge in [0.2, 0.25) is 6.10 Å². The first-order valence-electron chi connectivity index (χ1n) is 8.91. The van der Waals surface area contributed by atoms with Gasteiger partial charge in [-0.15, -0.1) is 0 Å². The number of halogens is 1. The number of nitrogens with zero attached hydrogens (tertiary/aromatic N) is 1. The predicted octanol–water partition coefficient (Wildman–Crippen LogP) is 3.02. The third kappa shape index (κ3) is 8.94. The third-order valence-electron chi connectivity index (χ3n) is 3.34. The maximum Gasteiger partial charge on any atom is 0.408 e. The second kappa shape index (κ2) is 10.8. The molecule has 0 spiro atoms. The zero-order chi connectivity index (χ0) is 21.3. The Morgan fingerprint density at radius 3 is 2.39 bits per heavy atom. The second-order valence-corrected chi connectivity index (χ2v) is 7.48. The summed E-state index contributed by atoms with van der Waals surface area (Å²) in [4.78, 5) is 28.9. The van der Waals surface area contributed by atoms with Gasteiger partial charge in [-0.1, -0.05) is 28.9 Å². The average molecular weight is 414 g/mol. The Morgan fingerprint density at radius 2 is 1.86 bits per heavy atom. The molecule has 0 fully saturated rings. The summed E-state index contributed by atoms with van der Waals surface area (Å²) in [5, 5.41) is 7.05. The van der Waals surface area contributed by atoms with Crippen LogP contribution >= 0.6 is 11.6 Å². The van der Waals surface area contributed by atoms with Gasteiger partial charge in [0.25, 0.3) is 0 Å². The smallest absolute Gasteiger partial charge is 0.408 e. The molecule has 1 aromatic carbocycles. The number of ether oxygens (including phenoxy) is 2. The Bertz CT molecular complexity index is 686. The van der Waals surface area contributed by atoms with Crippen LogP contribution in [0.5, 0.6) is 0 Å². The number of rotatable bonds is 8. The highest BCUT2D eigenvalue weighted by Gasteiger charge is 2.23. The average Bonchev–Trinajstić information content (AvgIpc) is 2.59. The van der Waals surface area contributed by atoms with Crippen molar-refractivity contribution in [2.75, 3.05) is 6.61 Å². The number of nitrogens with two attached hydrogens (primary N) is 1. The molecule has 0 saturated heterocycles. The van der Waals surface area contributed by atoms with Crippen molar-refractivity contribution in [2.24, 2.45) is 10.9 Å². The maximum absolute atomic E-state index is 12.2. The molecule has 9 heteroatoms. The number of carbonyl (C=O) groups is 2. The molecule has 3 N–H and O–H groups in total. The van der Waals surface area contributed by atoms with Crippen LogP contribution in [0.3, 0.4) is 0 Å². The summed E-state index contributed by atoms with van der Waals surface area (Å²) in [6.45, 7) is 8.66. The number of carbonyl (C=O) groups excluding carboxylic acids is 2. The molecule has 0 saturated carbocycles. The molecule has 0 aliphatic heterocycles. The summed E-state index contributed by atoms with van der Waals surface area (Å²) in [6.07, 6.45) is -1.26. The number of amidine groups is 1. The van der Waals surface area contributed by atoms with Crippen molar-refractivity contribution in [1.29, 1.82) is 0 Å². The summed E-state index contributed by atoms with van der Waals surface area (Å²) in [7, 11) is 0. The van der Waals surface area contributed by atoms with Crippen LogP contribution in [0.1, 0.15) is 40.2 Å². The van der Waals surface area contributed by atoms with E-state index in [4.69, 9.17) is 31.6 Å². The van der Waals surface area contributed by atoms with Crippen molar-refractivity contribution in [3.8, 4) is 0 Å². The van der Waals surface area contributed by atoms with Crippen molar-refractivity contribution in [2.45, 2.75) is 58.8 Å². The highest BCUT2D eigenvalue weighted by Crippen LogP contribution is 2.12. The summed E-state index contributed by atoms with van der Waals surface area (Å²) >= 11 is 5.91. The van der Waals surface area contributed by atoms with Crippen molar-refractivity contribution >= 4 is 29.5 Å². The normalized spacial score (nSPS) is 14.0. The number of alkyl carbamates (subject to hydrolysis) is 1. The van der Waals surface area contributed by atoms with Crippen molar-refractivity contribution in [3.63, 3.8) is 0 Å². The highest BCUT2D eigenvalue weighted by molar-refractivity contribution is 6.30. The van der Waals surface area contributed by atoms with E-state index in [0.717, 1.165) is 5.56 Å². The van der Waals surface area contributed by atoms with Gasteiger partial charge in [-0.3, -0.25) is 0 Å². The van der Waals surface area contributed by atoms with Crippen LogP contribution in [0.4, 0.5) is 4.79 Å². The number of nitrogens with one attached hydrogen (secondary N) is 1. The van der Waals surface area contributed by atoms with Crippen LogP contribution in [-0.4, -0.2) is 42.3 Å². The van der Waals surface area contributed by atoms with Gasteiger partial charge in [0.05, 0.1) is 12.6 Å². The molecular weight excluding hydrogens is 386 g/mol. The molecule has 0 bridgehead atoms. The first kappa shape index (κ1) is 23.6. The van der Waals surface area contributed by atoms with Crippen molar-refractivity contribution in [3.05, 3.63) is 34.9 Å². The van der Waals surface area contributed by atoms with Crippen LogP contribution in [0.2, 0.25) is 5.02 Å². The van der Waals surface area contributed by atoms with E-state index in [1.54, 1.807) is 39.8 Å². The number of esters is 1. The Hall–Kier alpha value is -2.48. The van der Waals surface area contributed by atoms with Gasteiger partial charge in [-0.2, -0.15) is 0 Å². The van der Waals surface area contributed by atoms with Crippen molar-refractivity contribution < 1.29 is 23.9 Å². The summed E-state index contributed by atoms with van der Waals surface area (Å²) in [5.41, 5.74) is 6.20. The number of benzene rings is 1. The zero-order valence-corrected chi connectivity index (χ0v) is 17.6. The summed E-state index contributed by atoms with van der Waals surface area (Å²) in [5.74, 6) is -0.578. The Labute approximate surface area is 170 Å². The molecule has 156 valence electrons. The van der Waals surface area contributed by atoms with E-state index in [2.05, 4.69) is 10.5 Å². The van der Waals surface area contributed by atoms with Crippen LogP contribution in [0, 0.1) is 0 Å². The summed E-state index contributed by atoms with van der Waals surface area (Å²) in [6, 6.07) is 6.36. The molecule has 0 heterocycles. The molecule has 0 aliphatic carbocycles. The molecule has 0 aromatic heterocycles. The highest BCUT2D eigenvalue weighted by atomic mass is 35.5. The lowest BCUT2D eigenvalue weighted by molar-refractivity contribution is -0.155. The van der Waals surface area contributed by atoms with Gasteiger partial charge in [0.1, 0.15) is 5.60 Å². The minimum absolute atomic E-state index is 0.0167. The lowest BCUT2D eigenvalue weighted by atomic mass is 10.1. The summed E-state index contributed by atoms with van der Waals surface area (Å²) < 4.78 is 10.1. The number of hydrogen-bond acceptors (Lipinski definition) is 6. The van der Waals surface area contributed by atoms with E-state index in [0.29, 0.717) is 11.4 Å². The van der Waals surface area contributed by atoms with Gasteiger partial charge in [-0.25, -0.2) is 9.59 Å². The molecule has 0 radical (unpaired) electrons. The fraction of sp³-hybridized carbons (Fsp3) is 0.526. The monoisotopic (exact) mass is 413 g/mol. The fourth-order valence-electron chi connectivity index (χ4n) is 2.04. The zero-order valence-electron chi connectivity index (χ0n) is 16.8. The van der Waals surface area contributed by atoms with Gasteiger partial charge in [0, 0.05) is 11.4 Å². The largest absolute Gasteiger partial charge is 0.463 e. The van der Waals surface area contributed by atoms with Gasteiger partial charge < -0.3 is 25.4 Å². The molecule has 0 unspecified atom stereocenters. The van der Waals surface area contributed by atoms with Gasteiger partial charge in [0.15, 0.2) is 5.84 Å². The van der Waals surface area contributed by atoms with Crippen molar-refractivity contribution in [1.82, 2.24) is 5.32 Å². The Balaban J connectivity index is 2.91. The number of hydrogen-bond donors (Lipinski definition) is 2. The molecule has 0 aliphatic rings. The molecule has 1 aromatic rings. The van der Waals surface area contributed by atoms with E-state index in [9.17, 15) is 9.59 Å². The molecule has 2 atom stereocenters. The van der Waals surface area contributed by atoms with Gasteiger partial charge >= 0.3 is 12.1 Å². The molecule has 8 nitrogen and oxygen atoms in total. The third-order valence-corrected chi connectivity index (χ3v) is 3.59. The van der Waals surface area contributed by atoms with Crippen LogP contribution in [-0.2, 0) is 25.5 Å². The second-order valence-electron chi connectivity index (χ2n) is 7.05. The molecule has 1 rings (SSSR count). The lowest BCUT2D eigenvalue weighted by Gasteiger charge is -2.23. The molecular formula is C19H28ClN3O5. The van der Waals surface area contributed by atoms with Crippen LogP contribution < -0.4 is 11.1 Å². The minimum Gasteiger partial charge on any atom is -0.463 e. The van der Waals surface area contributed by atoms with E-state index in [-0.39, 0.29) is 12.4 Å². The van der Waals surface area contributed by atoms with Crippen LogP contribution in [0.15, 0.2) is 29.4 Å². The number of oxime groups is 1. The molecule has 1 amide bonds. The van der Waals surface area contributed by atoms with Crippen LogP contribution in [0.25, 0.3) is 0 Å². The standard InChI is InChI=1S/C19H28ClN3O5/c1-6-26-17(24)12(2)28-23-16(21)15(22-18(25)27-19(3,4)5)11-13-7-9-14(20)10-8-13/h7-10,12,15H,6,11H2,1-5H3,(H2,21,23)(H,22,25)/t12-,15+/m1/s1. The Morgan fingerprint density at radius 1 is 1.25 bits per heavy atom. The Kier molecular flexibility index (Phi) is 9.05. The SMILES string of the molecule is CCOC(=O)[C@@H](C)O/N=C(\N)[C@H](Cc1ccc(Cl)cc1)NC(=O)OC(C)(C)C. The van der Waals surface area contributed by atoms with E-state index in [1.807, 2.05) is 12.1 Å².